The quantitative estimate of drug-likeness (QED) is 0.650. The summed E-state index contributed by atoms with van der Waals surface area (Å²) < 4.78 is 22.9. The lowest BCUT2D eigenvalue weighted by atomic mass is 10.2. The molecule has 1 aromatic rings. The number of hydrogen-bond acceptors (Lipinski definition) is 4. The summed E-state index contributed by atoms with van der Waals surface area (Å²) in [4.78, 5) is 0.762. The van der Waals surface area contributed by atoms with Crippen molar-refractivity contribution in [3.05, 3.63) is 18.2 Å². The van der Waals surface area contributed by atoms with E-state index >= 15 is 0 Å². The van der Waals surface area contributed by atoms with Crippen molar-refractivity contribution in [1.29, 1.82) is 0 Å². The van der Waals surface area contributed by atoms with Crippen LogP contribution in [0, 0.1) is 5.92 Å². The van der Waals surface area contributed by atoms with Crippen molar-refractivity contribution in [3.8, 4) is 0 Å². The Kier molecular flexibility index (Phi) is 4.46. The second-order valence-corrected chi connectivity index (χ2v) is 7.27. The van der Waals surface area contributed by atoms with Gasteiger partial charge >= 0.3 is 0 Å². The third kappa shape index (κ3) is 3.90. The Bertz CT molecular complexity index is 498. The van der Waals surface area contributed by atoms with Crippen molar-refractivity contribution < 1.29 is 8.42 Å². The highest BCUT2D eigenvalue weighted by atomic mass is 32.2. The van der Waals surface area contributed by atoms with Crippen molar-refractivity contribution in [2.24, 2.45) is 11.1 Å². The zero-order chi connectivity index (χ0) is 13.2. The minimum atomic E-state index is -3.73. The fourth-order valence-electron chi connectivity index (χ4n) is 1.18. The molecule has 0 amide bonds. The van der Waals surface area contributed by atoms with Gasteiger partial charge in [0.15, 0.2) is 0 Å². The molecule has 0 bridgehead atoms. The molecule has 0 fully saturated rings. The highest BCUT2D eigenvalue weighted by molar-refractivity contribution is 8.00. The monoisotopic (exact) mass is 274 g/mol. The molecule has 0 heterocycles. The Labute approximate surface area is 107 Å². The lowest BCUT2D eigenvalue weighted by Gasteiger charge is -2.16. The summed E-state index contributed by atoms with van der Waals surface area (Å²) in [5, 5.41) is 5.49. The molecule has 96 valence electrons. The van der Waals surface area contributed by atoms with Gasteiger partial charge in [-0.1, -0.05) is 20.8 Å². The zero-order valence-corrected chi connectivity index (χ0v) is 11.8. The van der Waals surface area contributed by atoms with Crippen LogP contribution in [-0.4, -0.2) is 13.7 Å². The van der Waals surface area contributed by atoms with Crippen LogP contribution in [0.1, 0.15) is 20.8 Å². The van der Waals surface area contributed by atoms with Crippen molar-refractivity contribution in [2.45, 2.75) is 35.8 Å². The Morgan fingerprint density at radius 1 is 1.24 bits per heavy atom. The van der Waals surface area contributed by atoms with Crippen molar-refractivity contribution >= 4 is 27.5 Å². The van der Waals surface area contributed by atoms with Crippen LogP contribution in [0.25, 0.3) is 0 Å². The maximum Gasteiger partial charge on any atom is 0.239 e. The number of anilines is 1. The Morgan fingerprint density at radius 3 is 2.29 bits per heavy atom. The molecule has 1 rings (SSSR count). The van der Waals surface area contributed by atoms with Crippen LogP contribution in [0.5, 0.6) is 0 Å². The Balaban J connectivity index is 3.16. The molecular formula is C11H18N2O2S2. The number of nitrogen functional groups attached to an aromatic ring is 1. The Morgan fingerprint density at radius 2 is 1.82 bits per heavy atom. The maximum atomic E-state index is 11.5. The van der Waals surface area contributed by atoms with Gasteiger partial charge in [0.05, 0.1) is 4.90 Å². The van der Waals surface area contributed by atoms with E-state index in [4.69, 9.17) is 10.9 Å². The molecule has 0 aliphatic rings. The van der Waals surface area contributed by atoms with Crippen LogP contribution in [0.3, 0.4) is 0 Å². The molecule has 0 aliphatic carbocycles. The summed E-state index contributed by atoms with van der Waals surface area (Å²) in [6, 6.07) is 4.80. The molecule has 0 radical (unpaired) electrons. The number of nitrogens with two attached hydrogens (primary N) is 2. The largest absolute Gasteiger partial charge is 0.399 e. The van der Waals surface area contributed by atoms with Crippen LogP contribution in [-0.2, 0) is 10.0 Å². The average Bonchev–Trinajstić information content (AvgIpc) is 2.18. The molecule has 0 saturated carbocycles. The fraction of sp³-hybridized carbons (Fsp3) is 0.455. The van der Waals surface area contributed by atoms with Crippen LogP contribution >= 0.6 is 11.8 Å². The van der Waals surface area contributed by atoms with Gasteiger partial charge < -0.3 is 5.73 Å². The first-order valence-corrected chi connectivity index (χ1v) is 7.73. The lowest BCUT2D eigenvalue weighted by molar-refractivity contribution is 0.595. The van der Waals surface area contributed by atoms with Gasteiger partial charge in [0, 0.05) is 15.8 Å². The highest BCUT2D eigenvalue weighted by Gasteiger charge is 2.18. The van der Waals surface area contributed by atoms with E-state index in [0.717, 1.165) is 0 Å². The van der Waals surface area contributed by atoms with Crippen molar-refractivity contribution in [1.82, 2.24) is 0 Å². The molecule has 1 unspecified atom stereocenters. The summed E-state index contributed by atoms with van der Waals surface area (Å²) in [6.07, 6.45) is 0. The number of rotatable bonds is 4. The molecule has 1 atom stereocenters. The number of benzene rings is 1. The molecule has 0 aromatic heterocycles. The predicted molar refractivity (Wildman–Crippen MR) is 72.4 cm³/mol. The first kappa shape index (κ1) is 14.3. The van der Waals surface area contributed by atoms with Gasteiger partial charge in [0.1, 0.15) is 0 Å². The summed E-state index contributed by atoms with van der Waals surface area (Å²) in [5.41, 5.74) is 5.98. The van der Waals surface area contributed by atoms with Crippen molar-refractivity contribution in [3.63, 3.8) is 0 Å². The summed E-state index contributed by atoms with van der Waals surface area (Å²) in [5.74, 6) is 0.450. The minimum absolute atomic E-state index is 0.106. The number of thioether (sulfide) groups is 1. The summed E-state index contributed by atoms with van der Waals surface area (Å²) in [7, 11) is -3.73. The lowest BCUT2D eigenvalue weighted by Crippen LogP contribution is -2.15. The molecule has 1 aromatic carbocycles. The molecule has 0 aliphatic heterocycles. The standard InChI is InChI=1S/C11H18N2O2S2/c1-7(2)8(3)16-10-5-4-9(12)6-11(10)17(13,14)15/h4-8H,12H2,1-3H3,(H2,13,14,15). The van der Waals surface area contributed by atoms with E-state index in [1.807, 2.05) is 0 Å². The SMILES string of the molecule is CC(C)C(C)Sc1ccc(N)cc1S(N)(=O)=O. The van der Waals surface area contributed by atoms with Gasteiger partial charge in [0.25, 0.3) is 0 Å². The molecule has 0 saturated heterocycles. The minimum Gasteiger partial charge on any atom is -0.399 e. The van der Waals surface area contributed by atoms with E-state index in [1.54, 1.807) is 12.1 Å². The topological polar surface area (TPSA) is 86.2 Å². The third-order valence-corrected chi connectivity index (χ3v) is 5.13. The fourth-order valence-corrected chi connectivity index (χ4v) is 3.32. The van der Waals surface area contributed by atoms with Gasteiger partial charge in [-0.05, 0) is 24.1 Å². The number of hydrogen-bond donors (Lipinski definition) is 2. The first-order valence-electron chi connectivity index (χ1n) is 5.31. The van der Waals surface area contributed by atoms with Crippen molar-refractivity contribution in [2.75, 3.05) is 5.73 Å². The van der Waals surface area contributed by atoms with Crippen LogP contribution in [0.4, 0.5) is 5.69 Å². The summed E-state index contributed by atoms with van der Waals surface area (Å²) >= 11 is 1.50. The zero-order valence-electron chi connectivity index (χ0n) is 10.2. The van der Waals surface area contributed by atoms with Gasteiger partial charge in [-0.2, -0.15) is 0 Å². The van der Waals surface area contributed by atoms with Gasteiger partial charge in [0.2, 0.25) is 10.0 Å². The molecule has 4 nitrogen and oxygen atoms in total. The van der Waals surface area contributed by atoms with Gasteiger partial charge in [-0.25, -0.2) is 13.6 Å². The molecular weight excluding hydrogens is 256 g/mol. The van der Waals surface area contributed by atoms with Crippen LogP contribution in [0.2, 0.25) is 0 Å². The molecule has 6 heteroatoms. The highest BCUT2D eigenvalue weighted by Crippen LogP contribution is 2.33. The maximum absolute atomic E-state index is 11.5. The number of primary sulfonamides is 1. The van der Waals surface area contributed by atoms with Crippen LogP contribution < -0.4 is 10.9 Å². The normalized spacial score (nSPS) is 13.9. The summed E-state index contributed by atoms with van der Waals surface area (Å²) in [6.45, 7) is 6.23. The Hall–Kier alpha value is -0.720. The van der Waals surface area contributed by atoms with Gasteiger partial charge in [-0.3, -0.25) is 0 Å². The van der Waals surface area contributed by atoms with Crippen LogP contribution in [0.15, 0.2) is 28.0 Å². The number of sulfonamides is 1. The predicted octanol–water partition coefficient (Wildman–Crippen LogP) is 2.05. The molecule has 0 spiro atoms. The van der Waals surface area contributed by atoms with E-state index < -0.39 is 10.0 Å². The van der Waals surface area contributed by atoms with Gasteiger partial charge in [-0.15, -0.1) is 11.8 Å². The van der Waals surface area contributed by atoms with E-state index in [-0.39, 0.29) is 4.90 Å². The third-order valence-electron chi connectivity index (χ3n) is 2.53. The average molecular weight is 274 g/mol. The van der Waals surface area contributed by atoms with E-state index in [0.29, 0.717) is 21.8 Å². The second kappa shape index (κ2) is 5.29. The molecule has 17 heavy (non-hydrogen) atoms. The molecule has 4 N–H and O–H groups in total. The van der Waals surface area contributed by atoms with E-state index in [1.165, 1.54) is 17.8 Å². The first-order chi connectivity index (χ1) is 7.71. The second-order valence-electron chi connectivity index (χ2n) is 4.32. The van der Waals surface area contributed by atoms with E-state index in [2.05, 4.69) is 20.8 Å². The van der Waals surface area contributed by atoms with E-state index in [9.17, 15) is 8.42 Å². The smallest absolute Gasteiger partial charge is 0.239 e.